The van der Waals surface area contributed by atoms with Gasteiger partial charge in [0, 0.05) is 26.2 Å². The highest BCUT2D eigenvalue weighted by Gasteiger charge is 2.24. The summed E-state index contributed by atoms with van der Waals surface area (Å²) >= 11 is 0. The van der Waals surface area contributed by atoms with Crippen molar-refractivity contribution in [3.8, 4) is 0 Å². The summed E-state index contributed by atoms with van der Waals surface area (Å²) in [4.78, 5) is 7.21. The van der Waals surface area contributed by atoms with Crippen LogP contribution < -0.4 is 10.2 Å². The number of nitrogens with zero attached hydrogens (tertiary/aromatic N) is 3. The number of imidazole rings is 1. The molecule has 1 aromatic heterocycles. The lowest BCUT2D eigenvalue weighted by atomic mass is 10.2. The monoisotopic (exact) mass is 244 g/mol. The maximum Gasteiger partial charge on any atom is 0.206 e. The molecule has 18 heavy (non-hydrogen) atoms. The number of para-hydroxylation sites is 2. The molecule has 1 unspecified atom stereocenters. The Morgan fingerprint density at radius 1 is 1.44 bits per heavy atom. The van der Waals surface area contributed by atoms with Crippen LogP contribution in [0.15, 0.2) is 24.3 Å². The number of hydrogen-bond donors (Lipinski definition) is 1. The van der Waals surface area contributed by atoms with E-state index in [1.807, 2.05) is 6.07 Å². The van der Waals surface area contributed by atoms with Gasteiger partial charge in [0.2, 0.25) is 5.95 Å². The van der Waals surface area contributed by atoms with E-state index in [-0.39, 0.29) is 0 Å². The third-order valence-corrected chi connectivity index (χ3v) is 3.84. The Hall–Kier alpha value is -1.55. The Kier molecular flexibility index (Phi) is 2.96. The van der Waals surface area contributed by atoms with E-state index in [1.54, 1.807) is 0 Å². The van der Waals surface area contributed by atoms with Crippen molar-refractivity contribution in [1.29, 1.82) is 0 Å². The summed E-state index contributed by atoms with van der Waals surface area (Å²) in [5.74, 6) is 1.09. The standard InChI is InChI=1S/C14H20N4/c1-3-18(11-8-9-15-10-11)14-16-12-6-4-5-7-13(12)17(14)2/h4-7,11,15H,3,8-10H2,1-2H3. The number of anilines is 1. The van der Waals surface area contributed by atoms with E-state index >= 15 is 0 Å². The van der Waals surface area contributed by atoms with Crippen molar-refractivity contribution in [2.75, 3.05) is 24.5 Å². The fourth-order valence-corrected chi connectivity index (χ4v) is 2.86. The van der Waals surface area contributed by atoms with Crippen LogP contribution in [0.3, 0.4) is 0 Å². The van der Waals surface area contributed by atoms with Gasteiger partial charge in [-0.15, -0.1) is 0 Å². The van der Waals surface area contributed by atoms with E-state index in [0.29, 0.717) is 6.04 Å². The van der Waals surface area contributed by atoms with Gasteiger partial charge in [-0.05, 0) is 32.0 Å². The lowest BCUT2D eigenvalue weighted by molar-refractivity contribution is 0.622. The van der Waals surface area contributed by atoms with Gasteiger partial charge >= 0.3 is 0 Å². The molecule has 1 N–H and O–H groups in total. The number of fused-ring (bicyclic) bond motifs is 1. The molecule has 1 aliphatic heterocycles. The minimum atomic E-state index is 0.575. The van der Waals surface area contributed by atoms with Gasteiger partial charge in [-0.1, -0.05) is 12.1 Å². The normalized spacial score (nSPS) is 19.6. The fourth-order valence-electron chi connectivity index (χ4n) is 2.86. The summed E-state index contributed by atoms with van der Waals surface area (Å²) in [7, 11) is 2.11. The van der Waals surface area contributed by atoms with Crippen LogP contribution in [0.2, 0.25) is 0 Å². The molecular weight excluding hydrogens is 224 g/mol. The number of rotatable bonds is 3. The molecule has 0 saturated carbocycles. The van der Waals surface area contributed by atoms with Gasteiger partial charge in [0.15, 0.2) is 0 Å². The molecule has 4 nitrogen and oxygen atoms in total. The second-order valence-electron chi connectivity index (χ2n) is 4.89. The van der Waals surface area contributed by atoms with Gasteiger partial charge in [0.05, 0.1) is 11.0 Å². The number of aromatic nitrogens is 2. The van der Waals surface area contributed by atoms with Crippen LogP contribution >= 0.6 is 0 Å². The van der Waals surface area contributed by atoms with Gasteiger partial charge < -0.3 is 14.8 Å². The van der Waals surface area contributed by atoms with Crippen LogP contribution in [0.5, 0.6) is 0 Å². The molecule has 1 atom stereocenters. The van der Waals surface area contributed by atoms with E-state index in [1.165, 1.54) is 11.9 Å². The molecule has 0 amide bonds. The van der Waals surface area contributed by atoms with Gasteiger partial charge in [-0.25, -0.2) is 4.98 Å². The van der Waals surface area contributed by atoms with Gasteiger partial charge in [-0.2, -0.15) is 0 Å². The minimum absolute atomic E-state index is 0.575. The first-order valence-electron chi connectivity index (χ1n) is 6.70. The summed E-state index contributed by atoms with van der Waals surface area (Å²) in [6, 6.07) is 8.91. The Morgan fingerprint density at radius 3 is 2.94 bits per heavy atom. The molecule has 1 fully saturated rings. The van der Waals surface area contributed by atoms with Crippen molar-refractivity contribution < 1.29 is 0 Å². The molecule has 0 aliphatic carbocycles. The lowest BCUT2D eigenvalue weighted by Gasteiger charge is -2.28. The molecular formula is C14H20N4. The van der Waals surface area contributed by atoms with Crippen LogP contribution in [-0.4, -0.2) is 35.2 Å². The Bertz CT molecular complexity index is 540. The predicted molar refractivity (Wildman–Crippen MR) is 75.0 cm³/mol. The van der Waals surface area contributed by atoms with Crippen molar-refractivity contribution >= 4 is 17.0 Å². The first-order valence-corrected chi connectivity index (χ1v) is 6.70. The fraction of sp³-hybridized carbons (Fsp3) is 0.500. The Balaban J connectivity index is 2.03. The third-order valence-electron chi connectivity index (χ3n) is 3.84. The Labute approximate surface area is 108 Å². The molecule has 3 rings (SSSR count). The largest absolute Gasteiger partial charge is 0.338 e. The van der Waals surface area contributed by atoms with Crippen LogP contribution in [0.4, 0.5) is 5.95 Å². The Morgan fingerprint density at radius 2 is 2.28 bits per heavy atom. The van der Waals surface area contributed by atoms with E-state index in [9.17, 15) is 0 Å². The van der Waals surface area contributed by atoms with Crippen molar-refractivity contribution in [3.05, 3.63) is 24.3 Å². The van der Waals surface area contributed by atoms with Gasteiger partial charge in [0.1, 0.15) is 0 Å². The van der Waals surface area contributed by atoms with E-state index in [4.69, 9.17) is 4.98 Å². The topological polar surface area (TPSA) is 33.1 Å². The van der Waals surface area contributed by atoms with Crippen LogP contribution in [0.1, 0.15) is 13.3 Å². The van der Waals surface area contributed by atoms with Gasteiger partial charge in [-0.3, -0.25) is 0 Å². The SMILES string of the molecule is CCN(c1nc2ccccc2n1C)C1CCNC1. The van der Waals surface area contributed by atoms with Crippen molar-refractivity contribution in [2.24, 2.45) is 7.05 Å². The first kappa shape index (κ1) is 11.5. The maximum atomic E-state index is 4.79. The number of aryl methyl sites for hydroxylation is 1. The van der Waals surface area contributed by atoms with Crippen molar-refractivity contribution in [3.63, 3.8) is 0 Å². The maximum absolute atomic E-state index is 4.79. The first-order chi connectivity index (χ1) is 8.81. The lowest BCUT2D eigenvalue weighted by Crippen LogP contribution is -2.38. The van der Waals surface area contributed by atoms with Crippen molar-refractivity contribution in [1.82, 2.24) is 14.9 Å². The molecule has 4 heteroatoms. The third kappa shape index (κ3) is 1.77. The smallest absolute Gasteiger partial charge is 0.206 e. The predicted octanol–water partition coefficient (Wildman–Crippen LogP) is 1.76. The summed E-state index contributed by atoms with van der Waals surface area (Å²) in [5.41, 5.74) is 2.29. The molecule has 0 spiro atoms. The zero-order chi connectivity index (χ0) is 12.5. The zero-order valence-electron chi connectivity index (χ0n) is 11.1. The molecule has 2 heterocycles. The highest BCUT2D eigenvalue weighted by molar-refractivity contribution is 5.78. The van der Waals surface area contributed by atoms with E-state index < -0.39 is 0 Å². The second kappa shape index (κ2) is 4.61. The zero-order valence-corrected chi connectivity index (χ0v) is 11.1. The molecule has 1 aliphatic rings. The summed E-state index contributed by atoms with van der Waals surface area (Å²) in [6.45, 7) is 5.39. The summed E-state index contributed by atoms with van der Waals surface area (Å²) < 4.78 is 2.21. The number of likely N-dealkylation sites (N-methyl/N-ethyl adjacent to an activating group) is 1. The van der Waals surface area contributed by atoms with E-state index in [0.717, 1.165) is 31.1 Å². The number of hydrogen-bond acceptors (Lipinski definition) is 3. The number of nitrogens with one attached hydrogen (secondary N) is 1. The number of benzene rings is 1. The van der Waals surface area contributed by atoms with E-state index in [2.05, 4.69) is 47.0 Å². The molecule has 96 valence electrons. The molecule has 1 aromatic carbocycles. The van der Waals surface area contributed by atoms with Crippen LogP contribution in [0, 0.1) is 0 Å². The molecule has 0 radical (unpaired) electrons. The van der Waals surface area contributed by atoms with Gasteiger partial charge in [0.25, 0.3) is 0 Å². The highest BCUT2D eigenvalue weighted by Crippen LogP contribution is 2.23. The second-order valence-corrected chi connectivity index (χ2v) is 4.89. The van der Waals surface area contributed by atoms with Crippen LogP contribution in [-0.2, 0) is 7.05 Å². The molecule has 2 aromatic rings. The quantitative estimate of drug-likeness (QED) is 0.893. The average molecular weight is 244 g/mol. The highest BCUT2D eigenvalue weighted by atomic mass is 15.3. The minimum Gasteiger partial charge on any atom is -0.338 e. The van der Waals surface area contributed by atoms with Crippen molar-refractivity contribution in [2.45, 2.75) is 19.4 Å². The summed E-state index contributed by atoms with van der Waals surface area (Å²) in [5, 5.41) is 3.43. The van der Waals surface area contributed by atoms with Crippen LogP contribution in [0.25, 0.3) is 11.0 Å². The molecule has 1 saturated heterocycles. The summed E-state index contributed by atoms with van der Waals surface area (Å²) in [6.07, 6.45) is 1.21. The average Bonchev–Trinajstić information content (AvgIpc) is 3.01. The molecule has 0 bridgehead atoms.